The van der Waals surface area contributed by atoms with Crippen LogP contribution >= 0.6 is 0 Å². The van der Waals surface area contributed by atoms with Gasteiger partial charge in [0.25, 0.3) is 0 Å². The molecule has 0 spiro atoms. The third-order valence-electron chi connectivity index (χ3n) is 9.08. The fourth-order valence-corrected chi connectivity index (χ4v) is 6.68. The highest BCUT2D eigenvalue weighted by molar-refractivity contribution is 6.13. The fraction of sp³-hybridized carbons (Fsp3) is 0. The summed E-state index contributed by atoms with van der Waals surface area (Å²) in [6.07, 6.45) is 1.93. The highest BCUT2D eigenvalue weighted by Crippen LogP contribution is 2.41. The largest absolute Gasteiger partial charge is 0.454 e. The summed E-state index contributed by atoms with van der Waals surface area (Å²) < 4.78 is 6.57. The van der Waals surface area contributed by atoms with Gasteiger partial charge in [0.15, 0.2) is 5.58 Å². The Labute approximate surface area is 279 Å². The van der Waals surface area contributed by atoms with E-state index in [1.54, 1.807) is 0 Å². The standard InChI is InChI=1S/C45H30N2O/c1-3-11-31(12-4-1)33-21-23-34(24-22-33)36-17-10-19-39(28-36)47(38-18-9-16-35(27-38)32-13-5-2-6-14-32)40-25-26-42-43(29-40)48-45-41-20-8-7-15-37(41)30-46-44(42)45/h1-30H. The Morgan fingerprint density at radius 2 is 0.917 bits per heavy atom. The Morgan fingerprint density at radius 3 is 1.58 bits per heavy atom. The van der Waals surface area contributed by atoms with Gasteiger partial charge >= 0.3 is 0 Å². The Kier molecular flexibility index (Phi) is 6.80. The summed E-state index contributed by atoms with van der Waals surface area (Å²) in [7, 11) is 0. The smallest absolute Gasteiger partial charge is 0.161 e. The summed E-state index contributed by atoms with van der Waals surface area (Å²) in [4.78, 5) is 7.11. The monoisotopic (exact) mass is 614 g/mol. The summed E-state index contributed by atoms with van der Waals surface area (Å²) in [5.41, 5.74) is 12.7. The van der Waals surface area contributed by atoms with E-state index in [4.69, 9.17) is 9.40 Å². The molecule has 7 aromatic carbocycles. The summed E-state index contributed by atoms with van der Waals surface area (Å²) in [5, 5.41) is 3.14. The number of aromatic nitrogens is 1. The van der Waals surface area contributed by atoms with Crippen LogP contribution in [0.1, 0.15) is 0 Å². The molecule has 9 aromatic rings. The molecule has 0 radical (unpaired) electrons. The van der Waals surface area contributed by atoms with Crippen molar-refractivity contribution in [2.24, 2.45) is 0 Å². The van der Waals surface area contributed by atoms with Crippen molar-refractivity contribution in [3.05, 3.63) is 182 Å². The third kappa shape index (κ3) is 4.99. The van der Waals surface area contributed by atoms with Gasteiger partial charge in [0.2, 0.25) is 0 Å². The van der Waals surface area contributed by atoms with E-state index in [1.165, 1.54) is 22.3 Å². The summed E-state index contributed by atoms with van der Waals surface area (Å²) in [6, 6.07) is 62.0. The Hall–Kier alpha value is -6.45. The van der Waals surface area contributed by atoms with Crippen molar-refractivity contribution in [3.63, 3.8) is 0 Å². The molecular formula is C45H30N2O. The van der Waals surface area contributed by atoms with Crippen molar-refractivity contribution in [1.29, 1.82) is 0 Å². The number of hydrogen-bond donors (Lipinski definition) is 0. The SMILES string of the molecule is c1ccc(-c2ccc(-c3cccc(N(c4cccc(-c5ccccc5)c4)c4ccc5c(c4)oc4c6ccccc6cnc54)c3)cc2)cc1. The first-order valence-corrected chi connectivity index (χ1v) is 16.2. The van der Waals surface area contributed by atoms with E-state index >= 15 is 0 Å². The van der Waals surface area contributed by atoms with Crippen LogP contribution in [0, 0.1) is 0 Å². The zero-order valence-electron chi connectivity index (χ0n) is 26.1. The second-order valence-corrected chi connectivity index (χ2v) is 12.1. The number of hydrogen-bond acceptors (Lipinski definition) is 3. The van der Waals surface area contributed by atoms with Gasteiger partial charge in [-0.2, -0.15) is 0 Å². The van der Waals surface area contributed by atoms with Gasteiger partial charge in [-0.25, -0.2) is 0 Å². The number of rotatable bonds is 6. The van der Waals surface area contributed by atoms with Gasteiger partial charge in [-0.05, 0) is 69.8 Å². The Morgan fingerprint density at radius 1 is 0.396 bits per heavy atom. The van der Waals surface area contributed by atoms with Crippen LogP contribution in [0.5, 0.6) is 0 Å². The molecule has 9 rings (SSSR count). The lowest BCUT2D eigenvalue weighted by molar-refractivity contribution is 0.672. The van der Waals surface area contributed by atoms with E-state index in [2.05, 4.69) is 169 Å². The zero-order chi connectivity index (χ0) is 31.9. The van der Waals surface area contributed by atoms with Crippen molar-refractivity contribution in [2.45, 2.75) is 0 Å². The molecule has 226 valence electrons. The minimum Gasteiger partial charge on any atom is -0.454 e. The minimum atomic E-state index is 0.809. The molecule has 3 heteroatoms. The quantitative estimate of drug-likeness (QED) is 0.187. The molecule has 0 atom stereocenters. The molecule has 0 saturated carbocycles. The molecule has 0 unspecified atom stereocenters. The first-order chi connectivity index (χ1) is 23.8. The maximum Gasteiger partial charge on any atom is 0.161 e. The minimum absolute atomic E-state index is 0.809. The van der Waals surface area contributed by atoms with Crippen LogP contribution in [-0.2, 0) is 0 Å². The molecule has 0 N–H and O–H groups in total. The molecule has 48 heavy (non-hydrogen) atoms. The predicted octanol–water partition coefficient (Wildman–Crippen LogP) is 12.6. The fourth-order valence-electron chi connectivity index (χ4n) is 6.68. The number of fused-ring (bicyclic) bond motifs is 5. The maximum absolute atomic E-state index is 6.57. The number of benzene rings is 7. The van der Waals surface area contributed by atoms with E-state index in [0.717, 1.165) is 61.0 Å². The maximum atomic E-state index is 6.57. The summed E-state index contributed by atoms with van der Waals surface area (Å²) >= 11 is 0. The lowest BCUT2D eigenvalue weighted by Gasteiger charge is -2.26. The van der Waals surface area contributed by atoms with Crippen LogP contribution in [0.2, 0.25) is 0 Å². The molecule has 0 aliphatic rings. The van der Waals surface area contributed by atoms with Crippen LogP contribution in [-0.4, -0.2) is 4.98 Å². The topological polar surface area (TPSA) is 29.3 Å². The van der Waals surface area contributed by atoms with Crippen molar-refractivity contribution in [3.8, 4) is 33.4 Å². The van der Waals surface area contributed by atoms with E-state index < -0.39 is 0 Å². The first kappa shape index (κ1) is 27.8. The molecule has 2 heterocycles. The van der Waals surface area contributed by atoms with Crippen LogP contribution in [0.4, 0.5) is 17.1 Å². The van der Waals surface area contributed by atoms with Crippen molar-refractivity contribution in [2.75, 3.05) is 4.90 Å². The van der Waals surface area contributed by atoms with E-state index in [0.29, 0.717) is 0 Å². The number of anilines is 3. The molecule has 0 aliphatic carbocycles. The highest BCUT2D eigenvalue weighted by atomic mass is 16.3. The van der Waals surface area contributed by atoms with E-state index in [-0.39, 0.29) is 0 Å². The lowest BCUT2D eigenvalue weighted by atomic mass is 9.99. The Bertz CT molecular complexity index is 2550. The van der Waals surface area contributed by atoms with Crippen LogP contribution in [0.3, 0.4) is 0 Å². The molecular weight excluding hydrogens is 585 g/mol. The molecule has 3 nitrogen and oxygen atoms in total. The molecule has 0 aliphatic heterocycles. The zero-order valence-corrected chi connectivity index (χ0v) is 26.1. The number of furan rings is 1. The van der Waals surface area contributed by atoms with Crippen molar-refractivity contribution in [1.82, 2.24) is 4.98 Å². The van der Waals surface area contributed by atoms with Gasteiger partial charge in [-0.15, -0.1) is 0 Å². The van der Waals surface area contributed by atoms with Crippen molar-refractivity contribution < 1.29 is 4.42 Å². The van der Waals surface area contributed by atoms with Crippen LogP contribution in [0.25, 0.3) is 66.2 Å². The molecule has 0 amide bonds. The summed E-state index contributed by atoms with van der Waals surface area (Å²) in [6.45, 7) is 0. The van der Waals surface area contributed by atoms with Crippen LogP contribution < -0.4 is 4.90 Å². The number of pyridine rings is 1. The van der Waals surface area contributed by atoms with Gasteiger partial charge in [-0.1, -0.05) is 133 Å². The van der Waals surface area contributed by atoms with Crippen molar-refractivity contribution >= 4 is 49.9 Å². The molecule has 0 fully saturated rings. The van der Waals surface area contributed by atoms with Gasteiger partial charge in [0.1, 0.15) is 11.1 Å². The molecule has 0 saturated heterocycles. The van der Waals surface area contributed by atoms with Gasteiger partial charge < -0.3 is 9.32 Å². The average molecular weight is 615 g/mol. The second-order valence-electron chi connectivity index (χ2n) is 12.1. The van der Waals surface area contributed by atoms with E-state index in [1.807, 2.05) is 18.3 Å². The lowest BCUT2D eigenvalue weighted by Crippen LogP contribution is -2.10. The normalized spacial score (nSPS) is 11.3. The average Bonchev–Trinajstić information content (AvgIpc) is 3.55. The third-order valence-corrected chi connectivity index (χ3v) is 9.08. The molecule has 0 bridgehead atoms. The predicted molar refractivity (Wildman–Crippen MR) is 200 cm³/mol. The van der Waals surface area contributed by atoms with Gasteiger partial charge in [0.05, 0.1) is 0 Å². The van der Waals surface area contributed by atoms with Crippen LogP contribution in [0.15, 0.2) is 187 Å². The van der Waals surface area contributed by atoms with Gasteiger partial charge in [0, 0.05) is 45.5 Å². The van der Waals surface area contributed by atoms with Gasteiger partial charge in [-0.3, -0.25) is 4.98 Å². The number of nitrogens with zero attached hydrogens (tertiary/aromatic N) is 2. The second kappa shape index (κ2) is 11.7. The first-order valence-electron chi connectivity index (χ1n) is 16.2. The molecule has 2 aromatic heterocycles. The summed E-state index contributed by atoms with van der Waals surface area (Å²) in [5.74, 6) is 0. The van der Waals surface area contributed by atoms with E-state index in [9.17, 15) is 0 Å². The Balaban J connectivity index is 1.18. The highest BCUT2D eigenvalue weighted by Gasteiger charge is 2.18.